The number of guanidine groups is 1. The number of hydrogen-bond acceptors (Lipinski definition) is 3. The first-order chi connectivity index (χ1) is 10.3. The van der Waals surface area contributed by atoms with Crippen molar-refractivity contribution in [3.63, 3.8) is 0 Å². The summed E-state index contributed by atoms with van der Waals surface area (Å²) in [6.45, 7) is 1.11. The predicted molar refractivity (Wildman–Crippen MR) is 90.4 cm³/mol. The standard InChI is InChI=1S/C13H20Cl2N4O2S/c1-16-13(17-6-9-3-4-22(20,21)8-9)18-7-10-5-11(14)12(15)19(10)2/h5,9H,3-4,6-8H2,1-2H3,(H2,16,17,18). The van der Waals surface area contributed by atoms with E-state index in [1.54, 1.807) is 17.7 Å². The largest absolute Gasteiger partial charge is 0.356 e. The van der Waals surface area contributed by atoms with Crippen LogP contribution in [0.1, 0.15) is 12.1 Å². The maximum Gasteiger partial charge on any atom is 0.191 e. The summed E-state index contributed by atoms with van der Waals surface area (Å²) in [6, 6.07) is 1.80. The number of aliphatic imine (C=N–C) groups is 1. The van der Waals surface area contributed by atoms with E-state index in [1.165, 1.54) is 0 Å². The number of rotatable bonds is 4. The van der Waals surface area contributed by atoms with Gasteiger partial charge in [-0.25, -0.2) is 8.42 Å². The van der Waals surface area contributed by atoms with Crippen LogP contribution in [0.2, 0.25) is 10.2 Å². The number of hydrogen-bond donors (Lipinski definition) is 2. The molecule has 0 radical (unpaired) electrons. The normalized spacial score (nSPS) is 21.1. The quantitative estimate of drug-likeness (QED) is 0.624. The van der Waals surface area contributed by atoms with E-state index in [-0.39, 0.29) is 17.4 Å². The van der Waals surface area contributed by atoms with Gasteiger partial charge in [-0.15, -0.1) is 0 Å². The van der Waals surface area contributed by atoms with Gasteiger partial charge in [0.2, 0.25) is 0 Å². The Balaban J connectivity index is 1.84. The summed E-state index contributed by atoms with van der Waals surface area (Å²) >= 11 is 12.0. The molecule has 1 aliphatic heterocycles. The van der Waals surface area contributed by atoms with Gasteiger partial charge in [0.05, 0.1) is 23.1 Å². The Labute approximate surface area is 140 Å². The van der Waals surface area contributed by atoms with Crippen LogP contribution in [0, 0.1) is 5.92 Å². The lowest BCUT2D eigenvalue weighted by Gasteiger charge is -2.14. The molecular weight excluding hydrogens is 347 g/mol. The maximum atomic E-state index is 11.4. The van der Waals surface area contributed by atoms with Gasteiger partial charge in [0.25, 0.3) is 0 Å². The number of halogens is 2. The van der Waals surface area contributed by atoms with Gasteiger partial charge in [0, 0.05) is 26.3 Å². The first-order valence-electron chi connectivity index (χ1n) is 6.97. The fourth-order valence-corrected chi connectivity index (χ4v) is 4.71. The van der Waals surface area contributed by atoms with E-state index in [0.717, 1.165) is 5.69 Å². The molecule has 22 heavy (non-hydrogen) atoms. The molecule has 1 atom stereocenters. The highest BCUT2D eigenvalue weighted by Crippen LogP contribution is 2.24. The minimum atomic E-state index is -2.85. The fraction of sp³-hybridized carbons (Fsp3) is 0.615. The Morgan fingerprint density at radius 2 is 2.18 bits per heavy atom. The van der Waals surface area contributed by atoms with E-state index in [0.29, 0.717) is 35.6 Å². The molecule has 0 amide bonds. The summed E-state index contributed by atoms with van der Waals surface area (Å²) in [5, 5.41) is 7.33. The van der Waals surface area contributed by atoms with Crippen molar-refractivity contribution >= 4 is 39.0 Å². The molecule has 124 valence electrons. The molecule has 1 unspecified atom stereocenters. The lowest BCUT2D eigenvalue weighted by atomic mass is 10.1. The van der Waals surface area contributed by atoms with Crippen molar-refractivity contribution < 1.29 is 8.42 Å². The number of sulfone groups is 1. The highest BCUT2D eigenvalue weighted by molar-refractivity contribution is 7.91. The van der Waals surface area contributed by atoms with Crippen LogP contribution in [0.4, 0.5) is 0 Å². The second kappa shape index (κ2) is 7.10. The Hall–Kier alpha value is -0.920. The van der Waals surface area contributed by atoms with Crippen LogP contribution in [0.25, 0.3) is 0 Å². The molecule has 2 N–H and O–H groups in total. The van der Waals surface area contributed by atoms with Crippen molar-refractivity contribution in [1.29, 1.82) is 0 Å². The number of nitrogens with zero attached hydrogens (tertiary/aromatic N) is 2. The van der Waals surface area contributed by atoms with E-state index in [2.05, 4.69) is 15.6 Å². The lowest BCUT2D eigenvalue weighted by Crippen LogP contribution is -2.39. The molecular formula is C13H20Cl2N4O2S. The van der Waals surface area contributed by atoms with E-state index in [1.807, 2.05) is 7.05 Å². The van der Waals surface area contributed by atoms with Gasteiger partial charge in [-0.05, 0) is 18.4 Å². The Kier molecular flexibility index (Phi) is 5.63. The Bertz CT molecular complexity index is 670. The zero-order valence-corrected chi connectivity index (χ0v) is 14.9. The van der Waals surface area contributed by atoms with Crippen LogP contribution in [-0.2, 0) is 23.4 Å². The van der Waals surface area contributed by atoms with Gasteiger partial charge >= 0.3 is 0 Å². The summed E-state index contributed by atoms with van der Waals surface area (Å²) in [5.74, 6) is 1.30. The van der Waals surface area contributed by atoms with Crippen LogP contribution in [0.3, 0.4) is 0 Å². The Morgan fingerprint density at radius 3 is 2.68 bits per heavy atom. The molecule has 1 aliphatic rings. The molecule has 2 rings (SSSR count). The van der Waals surface area contributed by atoms with Crippen molar-refractivity contribution in [3.8, 4) is 0 Å². The number of aromatic nitrogens is 1. The zero-order valence-electron chi connectivity index (χ0n) is 12.6. The first kappa shape index (κ1) is 17.4. The van der Waals surface area contributed by atoms with Crippen LogP contribution in [0.5, 0.6) is 0 Å². The smallest absolute Gasteiger partial charge is 0.191 e. The second-order valence-electron chi connectivity index (χ2n) is 5.41. The summed E-state index contributed by atoms with van der Waals surface area (Å²) in [4.78, 5) is 4.13. The summed E-state index contributed by atoms with van der Waals surface area (Å²) < 4.78 is 24.7. The molecule has 1 aromatic rings. The fourth-order valence-electron chi connectivity index (χ4n) is 2.43. The molecule has 0 spiro atoms. The molecule has 9 heteroatoms. The molecule has 1 fully saturated rings. The molecule has 0 aliphatic carbocycles. The third kappa shape index (κ3) is 4.30. The molecule has 0 bridgehead atoms. The molecule has 1 aromatic heterocycles. The van der Waals surface area contributed by atoms with Gasteiger partial charge in [0.1, 0.15) is 5.15 Å². The molecule has 2 heterocycles. The van der Waals surface area contributed by atoms with Crippen molar-refractivity contribution in [2.24, 2.45) is 18.0 Å². The highest BCUT2D eigenvalue weighted by Gasteiger charge is 2.27. The third-order valence-corrected chi connectivity index (χ3v) is 6.44. The van der Waals surface area contributed by atoms with Crippen LogP contribution in [0.15, 0.2) is 11.1 Å². The molecule has 1 saturated heterocycles. The predicted octanol–water partition coefficient (Wildman–Crippen LogP) is 1.43. The average molecular weight is 367 g/mol. The SMILES string of the molecule is CN=C(NCc1cc(Cl)c(Cl)n1C)NCC1CCS(=O)(=O)C1. The maximum absolute atomic E-state index is 11.4. The van der Waals surface area contributed by atoms with Crippen molar-refractivity contribution in [1.82, 2.24) is 15.2 Å². The van der Waals surface area contributed by atoms with Gasteiger partial charge < -0.3 is 15.2 Å². The third-order valence-electron chi connectivity index (χ3n) is 3.76. The van der Waals surface area contributed by atoms with Crippen LogP contribution >= 0.6 is 23.2 Å². The van der Waals surface area contributed by atoms with E-state index >= 15 is 0 Å². The monoisotopic (exact) mass is 366 g/mol. The molecule has 0 saturated carbocycles. The van der Waals surface area contributed by atoms with Crippen molar-refractivity contribution in [3.05, 3.63) is 21.9 Å². The van der Waals surface area contributed by atoms with Gasteiger partial charge in [-0.2, -0.15) is 0 Å². The van der Waals surface area contributed by atoms with E-state index in [4.69, 9.17) is 23.2 Å². The topological polar surface area (TPSA) is 75.5 Å². The van der Waals surface area contributed by atoms with Crippen molar-refractivity contribution in [2.75, 3.05) is 25.1 Å². The van der Waals surface area contributed by atoms with Gasteiger partial charge in [0.15, 0.2) is 15.8 Å². The van der Waals surface area contributed by atoms with Crippen LogP contribution in [-0.4, -0.2) is 44.0 Å². The summed E-state index contributed by atoms with van der Waals surface area (Å²) in [5.41, 5.74) is 0.932. The molecule has 6 nitrogen and oxygen atoms in total. The highest BCUT2D eigenvalue weighted by atomic mass is 35.5. The first-order valence-corrected chi connectivity index (χ1v) is 9.54. The number of nitrogens with one attached hydrogen (secondary N) is 2. The lowest BCUT2D eigenvalue weighted by molar-refractivity contribution is 0.566. The second-order valence-corrected chi connectivity index (χ2v) is 8.40. The van der Waals surface area contributed by atoms with Crippen molar-refractivity contribution in [2.45, 2.75) is 13.0 Å². The van der Waals surface area contributed by atoms with Crippen LogP contribution < -0.4 is 10.6 Å². The molecule has 0 aromatic carbocycles. The van der Waals surface area contributed by atoms with Gasteiger partial charge in [-0.3, -0.25) is 4.99 Å². The van der Waals surface area contributed by atoms with Gasteiger partial charge in [-0.1, -0.05) is 23.2 Å². The minimum Gasteiger partial charge on any atom is -0.356 e. The zero-order chi connectivity index (χ0) is 16.3. The Morgan fingerprint density at radius 1 is 1.45 bits per heavy atom. The van der Waals surface area contributed by atoms with E-state index in [9.17, 15) is 8.42 Å². The summed E-state index contributed by atoms with van der Waals surface area (Å²) in [6.07, 6.45) is 0.704. The average Bonchev–Trinajstić information content (AvgIpc) is 2.94. The van der Waals surface area contributed by atoms with E-state index < -0.39 is 9.84 Å². The minimum absolute atomic E-state index is 0.141. The summed E-state index contributed by atoms with van der Waals surface area (Å²) in [7, 11) is 0.664.